The van der Waals surface area contributed by atoms with Gasteiger partial charge in [-0.05, 0) is 54.8 Å². The molecule has 1 N–H and O–H groups in total. The van der Waals surface area contributed by atoms with Crippen molar-refractivity contribution >= 4 is 27.0 Å². The number of hydrogen-bond acceptors (Lipinski definition) is 6. The number of benzene rings is 1. The lowest BCUT2D eigenvalue weighted by atomic mass is 9.75. The van der Waals surface area contributed by atoms with E-state index in [-0.39, 0.29) is 0 Å². The first kappa shape index (κ1) is 21.4. The summed E-state index contributed by atoms with van der Waals surface area (Å²) in [6.45, 7) is 8.36. The zero-order valence-corrected chi connectivity index (χ0v) is 19.5. The van der Waals surface area contributed by atoms with Crippen LogP contribution in [0.1, 0.15) is 12.8 Å². The highest BCUT2D eigenvalue weighted by molar-refractivity contribution is 7.91. The van der Waals surface area contributed by atoms with Gasteiger partial charge in [0.25, 0.3) is 0 Å². The van der Waals surface area contributed by atoms with Gasteiger partial charge < -0.3 is 4.90 Å². The lowest BCUT2D eigenvalue weighted by molar-refractivity contribution is -0.0107. The van der Waals surface area contributed by atoms with Crippen molar-refractivity contribution in [2.45, 2.75) is 23.1 Å². The Bertz CT molecular complexity index is 943. The Morgan fingerprint density at radius 3 is 2.48 bits per heavy atom. The number of anilines is 1. The Morgan fingerprint density at radius 2 is 1.81 bits per heavy atom. The Hall–Kier alpha value is -1.45. The van der Waals surface area contributed by atoms with Gasteiger partial charge in [-0.25, -0.2) is 13.1 Å². The van der Waals surface area contributed by atoms with E-state index in [0.29, 0.717) is 28.6 Å². The summed E-state index contributed by atoms with van der Waals surface area (Å²) in [5.41, 5.74) is 1.33. The predicted molar refractivity (Wildman–Crippen MR) is 126 cm³/mol. The van der Waals surface area contributed by atoms with Gasteiger partial charge in [0.1, 0.15) is 4.21 Å². The molecule has 31 heavy (non-hydrogen) atoms. The van der Waals surface area contributed by atoms with Crippen LogP contribution in [0.3, 0.4) is 0 Å². The predicted octanol–water partition coefficient (Wildman–Crippen LogP) is 2.56. The Balaban J connectivity index is 1.11. The summed E-state index contributed by atoms with van der Waals surface area (Å²) in [6, 6.07) is 14.5. The summed E-state index contributed by atoms with van der Waals surface area (Å²) in [4.78, 5) is 7.66. The van der Waals surface area contributed by atoms with Crippen molar-refractivity contribution in [3.05, 3.63) is 47.8 Å². The molecule has 6 nitrogen and oxygen atoms in total. The molecule has 0 spiro atoms. The van der Waals surface area contributed by atoms with E-state index in [4.69, 9.17) is 0 Å². The minimum absolute atomic E-state index is 0.333. The molecule has 4 aliphatic rings. The number of sulfonamides is 1. The molecule has 2 aromatic rings. The normalized spacial score (nSPS) is 29.4. The van der Waals surface area contributed by atoms with Crippen LogP contribution in [-0.2, 0) is 10.0 Å². The molecule has 4 saturated heterocycles. The van der Waals surface area contributed by atoms with Gasteiger partial charge in [-0.3, -0.25) is 9.80 Å². The largest absolute Gasteiger partial charge is 0.369 e. The van der Waals surface area contributed by atoms with Crippen molar-refractivity contribution in [2.75, 3.05) is 57.3 Å². The van der Waals surface area contributed by atoms with E-state index >= 15 is 0 Å². The second-order valence-electron chi connectivity index (χ2n) is 9.10. The maximum absolute atomic E-state index is 12.5. The van der Waals surface area contributed by atoms with Crippen molar-refractivity contribution < 1.29 is 8.42 Å². The number of rotatable bonds is 7. The number of thiophene rings is 1. The molecule has 4 fully saturated rings. The average molecular weight is 461 g/mol. The number of piperazine rings is 1. The molecule has 6 rings (SSSR count). The molecule has 0 saturated carbocycles. The molecule has 4 aliphatic heterocycles. The maximum Gasteiger partial charge on any atom is 0.250 e. The van der Waals surface area contributed by atoms with Crippen LogP contribution in [0.25, 0.3) is 0 Å². The van der Waals surface area contributed by atoms with E-state index < -0.39 is 10.0 Å². The molecular formula is C23H32N4O2S2. The number of fused-ring (bicyclic) bond motifs is 3. The number of nitrogens with one attached hydrogen (secondary N) is 1. The van der Waals surface area contributed by atoms with Crippen LogP contribution in [0.15, 0.2) is 52.1 Å². The number of nitrogens with zero attached hydrogens (tertiary/aromatic N) is 3. The molecule has 2 bridgehead atoms. The Kier molecular flexibility index (Phi) is 6.35. The smallest absolute Gasteiger partial charge is 0.250 e. The molecule has 1 aromatic carbocycles. The van der Waals surface area contributed by atoms with Crippen molar-refractivity contribution in [2.24, 2.45) is 11.8 Å². The summed E-state index contributed by atoms with van der Waals surface area (Å²) in [6.07, 6.45) is 2.37. The highest BCUT2D eigenvalue weighted by Crippen LogP contribution is 2.37. The van der Waals surface area contributed by atoms with Gasteiger partial charge in [-0.15, -0.1) is 11.3 Å². The summed E-state index contributed by atoms with van der Waals surface area (Å²) in [5.74, 6) is 1.43. The van der Waals surface area contributed by atoms with Gasteiger partial charge in [0.2, 0.25) is 10.0 Å². The molecule has 5 heterocycles. The first-order valence-electron chi connectivity index (χ1n) is 11.4. The third-order valence-electron chi connectivity index (χ3n) is 7.27. The second kappa shape index (κ2) is 9.19. The molecule has 0 aliphatic carbocycles. The van der Waals surface area contributed by atoms with Gasteiger partial charge in [-0.1, -0.05) is 24.3 Å². The van der Waals surface area contributed by atoms with E-state index in [1.54, 1.807) is 12.1 Å². The molecule has 1 aromatic heterocycles. The van der Waals surface area contributed by atoms with E-state index in [1.807, 2.05) is 5.38 Å². The van der Waals surface area contributed by atoms with Crippen molar-refractivity contribution in [3.63, 3.8) is 0 Å². The topological polar surface area (TPSA) is 55.9 Å². The molecule has 4 atom stereocenters. The van der Waals surface area contributed by atoms with Crippen LogP contribution < -0.4 is 9.62 Å². The minimum atomic E-state index is -3.37. The second-order valence-corrected chi connectivity index (χ2v) is 12.0. The summed E-state index contributed by atoms with van der Waals surface area (Å²) in [7, 11) is -3.37. The molecular weight excluding hydrogens is 428 g/mol. The SMILES string of the molecule is O=S(=O)(NC[C@H]1C[C@@H]2CCN1C[C@H]2CN1CCN(c2ccccc2)CC1)c1cccs1. The third-order valence-corrected chi connectivity index (χ3v) is 10.1. The van der Waals surface area contributed by atoms with E-state index in [9.17, 15) is 8.42 Å². The minimum Gasteiger partial charge on any atom is -0.369 e. The van der Waals surface area contributed by atoms with Gasteiger partial charge in [-0.2, -0.15) is 0 Å². The van der Waals surface area contributed by atoms with E-state index in [2.05, 4.69) is 49.8 Å². The van der Waals surface area contributed by atoms with Crippen LogP contribution in [0.5, 0.6) is 0 Å². The van der Waals surface area contributed by atoms with Gasteiger partial charge >= 0.3 is 0 Å². The first-order valence-corrected chi connectivity index (χ1v) is 13.7. The maximum atomic E-state index is 12.5. The highest BCUT2D eigenvalue weighted by atomic mass is 32.2. The lowest BCUT2D eigenvalue weighted by Crippen LogP contribution is -2.59. The Morgan fingerprint density at radius 1 is 1.00 bits per heavy atom. The molecule has 8 heteroatoms. The van der Waals surface area contributed by atoms with Crippen LogP contribution >= 0.6 is 11.3 Å². The van der Waals surface area contributed by atoms with Crippen molar-refractivity contribution in [1.29, 1.82) is 0 Å². The standard InChI is InChI=1S/C23H32N4O2S2/c28-31(29,23-7-4-14-30-23)24-16-22-15-19-8-9-27(22)18-20(19)17-25-10-12-26(13-11-25)21-5-2-1-3-6-21/h1-7,14,19-20,22,24H,8-13,15-18H2/t19-,20+,22+/m0/s1. The summed E-state index contributed by atoms with van der Waals surface area (Å²) >= 11 is 1.28. The summed E-state index contributed by atoms with van der Waals surface area (Å²) < 4.78 is 28.2. The summed E-state index contributed by atoms with van der Waals surface area (Å²) in [5, 5.41) is 1.81. The number of para-hydroxylation sites is 1. The van der Waals surface area contributed by atoms with Crippen LogP contribution in [0.4, 0.5) is 5.69 Å². The molecule has 168 valence electrons. The third kappa shape index (κ3) is 4.83. The van der Waals surface area contributed by atoms with Crippen molar-refractivity contribution in [1.82, 2.24) is 14.5 Å². The van der Waals surface area contributed by atoms with Gasteiger partial charge in [0.05, 0.1) is 0 Å². The fourth-order valence-corrected chi connectivity index (χ4v) is 7.63. The zero-order valence-electron chi connectivity index (χ0n) is 17.9. The molecule has 0 amide bonds. The van der Waals surface area contributed by atoms with Crippen LogP contribution in [-0.4, -0.2) is 76.6 Å². The molecule has 1 unspecified atom stereocenters. The lowest BCUT2D eigenvalue weighted by Gasteiger charge is -2.51. The van der Waals surface area contributed by atoms with E-state index in [1.165, 1.54) is 30.0 Å². The van der Waals surface area contributed by atoms with Crippen molar-refractivity contribution in [3.8, 4) is 0 Å². The van der Waals surface area contributed by atoms with Crippen LogP contribution in [0.2, 0.25) is 0 Å². The fraction of sp³-hybridized carbons (Fsp3) is 0.565. The average Bonchev–Trinajstić information content (AvgIpc) is 3.36. The van der Waals surface area contributed by atoms with E-state index in [0.717, 1.165) is 45.7 Å². The highest BCUT2D eigenvalue weighted by Gasteiger charge is 2.41. The first-order chi connectivity index (χ1) is 15.1. The van der Waals surface area contributed by atoms with Gasteiger partial charge in [0.15, 0.2) is 0 Å². The fourth-order valence-electron chi connectivity index (χ4n) is 5.52. The number of hydrogen-bond donors (Lipinski definition) is 1. The van der Waals surface area contributed by atoms with Crippen LogP contribution in [0, 0.1) is 11.8 Å². The van der Waals surface area contributed by atoms with Gasteiger partial charge in [0, 0.05) is 57.5 Å². The number of piperidine rings is 3. The Labute approximate surface area is 189 Å². The zero-order chi connectivity index (χ0) is 21.3. The monoisotopic (exact) mass is 460 g/mol. The molecule has 0 radical (unpaired) electrons. The quantitative estimate of drug-likeness (QED) is 0.688.